The Hall–Kier alpha value is -1.26. The molecule has 1 saturated carbocycles. The summed E-state index contributed by atoms with van der Waals surface area (Å²) in [5, 5.41) is 20.4. The highest BCUT2D eigenvalue weighted by Crippen LogP contribution is 2.37. The molecule has 9 nitrogen and oxygen atoms in total. The lowest BCUT2D eigenvalue weighted by molar-refractivity contribution is -0.125. The molecule has 6 atom stereocenters. The Bertz CT molecular complexity index is 712. The van der Waals surface area contributed by atoms with Crippen LogP contribution in [0.5, 0.6) is 0 Å². The monoisotopic (exact) mass is 507 g/mol. The van der Waals surface area contributed by atoms with Gasteiger partial charge in [0, 0.05) is 51.1 Å². The summed E-state index contributed by atoms with van der Waals surface area (Å²) in [6, 6.07) is 0.420. The number of fused-ring (bicyclic) bond motifs is 1. The number of aliphatic hydroxyl groups excluding tert-OH is 1. The number of carbonyl (C=O) groups excluding carboxylic acids is 1. The lowest BCUT2D eigenvalue weighted by Gasteiger charge is -2.44. The van der Waals surface area contributed by atoms with E-state index in [1.165, 1.54) is 12.8 Å². The zero-order chi connectivity index (χ0) is 25.3. The summed E-state index contributed by atoms with van der Waals surface area (Å²) < 4.78 is 11.8. The molecule has 0 aromatic carbocycles. The average molecular weight is 508 g/mol. The number of rotatable bonds is 11. The van der Waals surface area contributed by atoms with E-state index in [0.717, 1.165) is 63.5 Å². The van der Waals surface area contributed by atoms with Crippen LogP contribution >= 0.6 is 0 Å². The van der Waals surface area contributed by atoms with Gasteiger partial charge in [0.25, 0.3) is 0 Å². The largest absolute Gasteiger partial charge is 0.390 e. The number of aliphatic imine (C=N–C) groups is 1. The van der Waals surface area contributed by atoms with Gasteiger partial charge in [0.1, 0.15) is 0 Å². The van der Waals surface area contributed by atoms with E-state index in [2.05, 4.69) is 39.7 Å². The first-order valence-electron chi connectivity index (χ1n) is 14.5. The van der Waals surface area contributed by atoms with Gasteiger partial charge in [-0.25, -0.2) is 0 Å². The van der Waals surface area contributed by atoms with Crippen molar-refractivity contribution in [1.29, 1.82) is 0 Å². The summed E-state index contributed by atoms with van der Waals surface area (Å²) in [5.74, 6) is 2.35. The van der Waals surface area contributed by atoms with Gasteiger partial charge < -0.3 is 30.1 Å². The van der Waals surface area contributed by atoms with Crippen molar-refractivity contribution in [3.05, 3.63) is 0 Å². The van der Waals surface area contributed by atoms with Crippen LogP contribution in [0.1, 0.15) is 65.2 Å². The first-order valence-corrected chi connectivity index (χ1v) is 14.5. The molecule has 3 heterocycles. The van der Waals surface area contributed by atoms with Crippen LogP contribution in [0.15, 0.2) is 4.99 Å². The van der Waals surface area contributed by atoms with Crippen molar-refractivity contribution < 1.29 is 19.4 Å². The molecule has 3 fully saturated rings. The van der Waals surface area contributed by atoms with Crippen LogP contribution < -0.4 is 16.0 Å². The molecule has 4 aliphatic rings. The second-order valence-electron chi connectivity index (χ2n) is 11.3. The van der Waals surface area contributed by atoms with E-state index in [9.17, 15) is 9.90 Å². The predicted octanol–water partition coefficient (Wildman–Crippen LogP) is 1.50. The van der Waals surface area contributed by atoms with Crippen molar-refractivity contribution in [3.63, 3.8) is 0 Å². The molecule has 3 aliphatic heterocycles. The third-order valence-corrected chi connectivity index (χ3v) is 8.64. The van der Waals surface area contributed by atoms with E-state index >= 15 is 0 Å². The zero-order valence-electron chi connectivity index (χ0n) is 22.4. The number of aliphatic hydroxyl groups is 1. The van der Waals surface area contributed by atoms with Crippen molar-refractivity contribution in [2.45, 2.75) is 89.6 Å². The van der Waals surface area contributed by atoms with Crippen molar-refractivity contribution in [1.82, 2.24) is 20.9 Å². The topological polar surface area (TPSA) is 107 Å². The molecular weight excluding hydrogens is 458 g/mol. The molecule has 2 saturated heterocycles. The average Bonchev–Trinajstić information content (AvgIpc) is 3.43. The number of hydrogen-bond acceptors (Lipinski definition) is 8. The van der Waals surface area contributed by atoms with E-state index in [0.29, 0.717) is 57.5 Å². The third-order valence-electron chi connectivity index (χ3n) is 8.64. The van der Waals surface area contributed by atoms with Crippen LogP contribution in [0.3, 0.4) is 0 Å². The molecule has 1 aliphatic carbocycles. The minimum atomic E-state index is -0.537. The number of nitrogens with zero attached hydrogens (tertiary/aromatic N) is 2. The molecule has 0 spiro atoms. The minimum absolute atomic E-state index is 0.0450. The molecule has 0 bridgehead atoms. The SMILES string of the molecule is CCC(CC)NC1=NCCC(C(=O)NC[C@H](O)CN2CCC3CC(OCC4CNCO4)CCC3C2)C1. The van der Waals surface area contributed by atoms with Gasteiger partial charge in [-0.2, -0.15) is 0 Å². The van der Waals surface area contributed by atoms with Crippen molar-refractivity contribution in [2.24, 2.45) is 22.7 Å². The highest BCUT2D eigenvalue weighted by atomic mass is 16.5. The number of amidine groups is 1. The van der Waals surface area contributed by atoms with E-state index in [-0.39, 0.29) is 17.9 Å². The summed E-state index contributed by atoms with van der Waals surface area (Å²) in [5.41, 5.74) is 0. The van der Waals surface area contributed by atoms with E-state index < -0.39 is 6.10 Å². The number of likely N-dealkylation sites (tertiary alicyclic amines) is 1. The molecule has 0 aromatic heterocycles. The third kappa shape index (κ3) is 8.12. The number of carbonyl (C=O) groups is 1. The standard InChI is InChI=1S/C27H49N5O4/c1-3-22(4-2)31-26-12-20(7-9-29-26)27(34)30-13-23(33)16-32-10-8-19-11-24(6-5-21(19)15-32)35-17-25-14-28-18-36-25/h19-25,28,33H,3-18H2,1-2H3,(H,29,31)(H,30,34)/t19?,20?,21?,23-,24?,25?/m0/s1. The minimum Gasteiger partial charge on any atom is -0.390 e. The maximum absolute atomic E-state index is 12.8. The van der Waals surface area contributed by atoms with E-state index in [1.807, 2.05) is 0 Å². The lowest BCUT2D eigenvalue weighted by atomic mass is 9.74. The number of nitrogens with one attached hydrogen (secondary N) is 3. The Balaban J connectivity index is 1.12. The molecule has 0 aromatic rings. The van der Waals surface area contributed by atoms with Crippen LogP contribution in [0, 0.1) is 17.8 Å². The van der Waals surface area contributed by atoms with Crippen molar-refractivity contribution >= 4 is 11.7 Å². The molecule has 9 heteroatoms. The Labute approximate surface area is 217 Å². The van der Waals surface area contributed by atoms with Crippen LogP contribution in [0.2, 0.25) is 0 Å². The fraction of sp³-hybridized carbons (Fsp3) is 0.926. The van der Waals surface area contributed by atoms with Gasteiger partial charge in [-0.15, -0.1) is 0 Å². The van der Waals surface area contributed by atoms with Gasteiger partial charge >= 0.3 is 0 Å². The highest BCUT2D eigenvalue weighted by molar-refractivity contribution is 5.89. The van der Waals surface area contributed by atoms with Gasteiger partial charge in [-0.05, 0) is 63.3 Å². The second kappa shape index (κ2) is 14.0. The fourth-order valence-electron chi connectivity index (χ4n) is 6.31. The summed E-state index contributed by atoms with van der Waals surface area (Å²) in [6.45, 7) is 10.3. The number of ether oxygens (including phenoxy) is 2. The number of hydrogen-bond donors (Lipinski definition) is 4. The first kappa shape index (κ1) is 27.8. The molecule has 206 valence electrons. The van der Waals surface area contributed by atoms with E-state index in [1.54, 1.807) is 0 Å². The maximum Gasteiger partial charge on any atom is 0.223 e. The molecule has 36 heavy (non-hydrogen) atoms. The number of piperidine rings is 1. The number of β-amino-alcohol motifs (C(OH)–C–C–N with tert-alkyl or cyclic N) is 1. The Morgan fingerprint density at radius 3 is 2.89 bits per heavy atom. The molecule has 4 N–H and O–H groups in total. The second-order valence-corrected chi connectivity index (χ2v) is 11.3. The van der Waals surface area contributed by atoms with Crippen LogP contribution in [-0.2, 0) is 14.3 Å². The zero-order valence-corrected chi connectivity index (χ0v) is 22.4. The molecular formula is C27H49N5O4. The molecule has 5 unspecified atom stereocenters. The smallest absolute Gasteiger partial charge is 0.223 e. The Morgan fingerprint density at radius 1 is 1.25 bits per heavy atom. The van der Waals surface area contributed by atoms with Crippen molar-refractivity contribution in [2.75, 3.05) is 52.6 Å². The summed E-state index contributed by atoms with van der Waals surface area (Å²) in [7, 11) is 0. The van der Waals surface area contributed by atoms with Crippen LogP contribution in [0.4, 0.5) is 0 Å². The van der Waals surface area contributed by atoms with Gasteiger partial charge in [0.05, 0.1) is 37.5 Å². The Morgan fingerprint density at radius 2 is 2.11 bits per heavy atom. The normalized spacial score (nSPS) is 32.1. The predicted molar refractivity (Wildman–Crippen MR) is 141 cm³/mol. The summed E-state index contributed by atoms with van der Waals surface area (Å²) in [4.78, 5) is 19.8. The van der Waals surface area contributed by atoms with Gasteiger partial charge in [0.2, 0.25) is 5.91 Å². The molecule has 4 rings (SSSR count). The van der Waals surface area contributed by atoms with Gasteiger partial charge in [0.15, 0.2) is 0 Å². The molecule has 1 amide bonds. The fourth-order valence-corrected chi connectivity index (χ4v) is 6.31. The molecule has 0 radical (unpaired) electrons. The van der Waals surface area contributed by atoms with Crippen LogP contribution in [-0.4, -0.2) is 98.7 Å². The Kier molecular flexibility index (Phi) is 10.8. The number of amides is 1. The van der Waals surface area contributed by atoms with E-state index in [4.69, 9.17) is 9.47 Å². The first-order chi connectivity index (χ1) is 17.5. The maximum atomic E-state index is 12.8. The van der Waals surface area contributed by atoms with Crippen LogP contribution in [0.25, 0.3) is 0 Å². The summed E-state index contributed by atoms with van der Waals surface area (Å²) in [6.07, 6.45) is 8.20. The van der Waals surface area contributed by atoms with Crippen molar-refractivity contribution in [3.8, 4) is 0 Å². The lowest BCUT2D eigenvalue weighted by Crippen LogP contribution is -2.49. The van der Waals surface area contributed by atoms with Gasteiger partial charge in [-0.1, -0.05) is 13.8 Å². The van der Waals surface area contributed by atoms with Gasteiger partial charge in [-0.3, -0.25) is 15.1 Å². The summed E-state index contributed by atoms with van der Waals surface area (Å²) >= 11 is 0. The highest BCUT2D eigenvalue weighted by Gasteiger charge is 2.36. The quantitative estimate of drug-likeness (QED) is 0.336.